The van der Waals surface area contributed by atoms with Crippen LogP contribution in [0.3, 0.4) is 0 Å². The van der Waals surface area contributed by atoms with Crippen molar-refractivity contribution in [3.63, 3.8) is 0 Å². The lowest BCUT2D eigenvalue weighted by molar-refractivity contribution is -0.142. The summed E-state index contributed by atoms with van der Waals surface area (Å²) in [5.74, 6) is -1.37. The molecule has 1 amide bonds. The molecule has 0 aromatic carbocycles. The SMILES string of the molecule is CC(=O)NC(CN(C)CCCCCO)C(=O)O. The van der Waals surface area contributed by atoms with Crippen molar-refractivity contribution in [2.24, 2.45) is 0 Å². The van der Waals surface area contributed by atoms with Gasteiger partial charge in [-0.15, -0.1) is 0 Å². The monoisotopic (exact) mass is 246 g/mol. The second-order valence-corrected chi connectivity index (χ2v) is 4.14. The molecular weight excluding hydrogens is 224 g/mol. The Morgan fingerprint density at radius 3 is 2.41 bits per heavy atom. The quantitative estimate of drug-likeness (QED) is 0.485. The van der Waals surface area contributed by atoms with E-state index in [0.29, 0.717) is 0 Å². The van der Waals surface area contributed by atoms with Gasteiger partial charge in [0.05, 0.1) is 0 Å². The average molecular weight is 246 g/mol. The summed E-state index contributed by atoms with van der Waals surface area (Å²) in [5.41, 5.74) is 0. The largest absolute Gasteiger partial charge is 0.480 e. The molecule has 0 spiro atoms. The number of aliphatic hydroxyl groups is 1. The number of amides is 1. The van der Waals surface area contributed by atoms with Crippen molar-refractivity contribution < 1.29 is 19.8 Å². The van der Waals surface area contributed by atoms with Gasteiger partial charge < -0.3 is 20.4 Å². The van der Waals surface area contributed by atoms with Crippen molar-refractivity contribution in [3.05, 3.63) is 0 Å². The first kappa shape index (κ1) is 15.9. The molecule has 0 aromatic rings. The van der Waals surface area contributed by atoms with Crippen LogP contribution in [0.15, 0.2) is 0 Å². The van der Waals surface area contributed by atoms with Gasteiger partial charge in [-0.05, 0) is 32.9 Å². The predicted octanol–water partition coefficient (Wildman–Crippen LogP) is -0.330. The fourth-order valence-electron chi connectivity index (χ4n) is 1.50. The molecule has 3 N–H and O–H groups in total. The van der Waals surface area contributed by atoms with Crippen LogP contribution in [0.5, 0.6) is 0 Å². The molecular formula is C11H22N2O4. The summed E-state index contributed by atoms with van der Waals surface area (Å²) in [6.07, 6.45) is 2.59. The molecule has 0 aliphatic heterocycles. The Balaban J connectivity index is 3.91. The van der Waals surface area contributed by atoms with Crippen LogP contribution in [-0.2, 0) is 9.59 Å². The Morgan fingerprint density at radius 1 is 1.29 bits per heavy atom. The van der Waals surface area contributed by atoms with Crippen LogP contribution in [0.4, 0.5) is 0 Å². The highest BCUT2D eigenvalue weighted by Gasteiger charge is 2.19. The zero-order valence-corrected chi connectivity index (χ0v) is 10.5. The number of hydrogen-bond donors (Lipinski definition) is 3. The van der Waals surface area contributed by atoms with Gasteiger partial charge in [-0.1, -0.05) is 0 Å². The average Bonchev–Trinajstić information content (AvgIpc) is 2.22. The molecule has 100 valence electrons. The van der Waals surface area contributed by atoms with Gasteiger partial charge in [-0.2, -0.15) is 0 Å². The third kappa shape index (κ3) is 8.65. The minimum Gasteiger partial charge on any atom is -0.480 e. The first-order valence-corrected chi connectivity index (χ1v) is 5.76. The van der Waals surface area contributed by atoms with Crippen LogP contribution in [0.2, 0.25) is 0 Å². The van der Waals surface area contributed by atoms with E-state index in [9.17, 15) is 9.59 Å². The van der Waals surface area contributed by atoms with Gasteiger partial charge in [0.15, 0.2) is 0 Å². The van der Waals surface area contributed by atoms with Crippen molar-refractivity contribution in [1.82, 2.24) is 10.2 Å². The minimum absolute atomic E-state index is 0.188. The highest BCUT2D eigenvalue weighted by atomic mass is 16.4. The molecule has 0 rings (SSSR count). The fourth-order valence-corrected chi connectivity index (χ4v) is 1.50. The van der Waals surface area contributed by atoms with E-state index in [1.807, 2.05) is 11.9 Å². The van der Waals surface area contributed by atoms with E-state index < -0.39 is 12.0 Å². The molecule has 0 radical (unpaired) electrons. The van der Waals surface area contributed by atoms with Gasteiger partial charge in [0.25, 0.3) is 0 Å². The predicted molar refractivity (Wildman–Crippen MR) is 63.7 cm³/mol. The summed E-state index contributed by atoms with van der Waals surface area (Å²) in [7, 11) is 1.82. The number of unbranched alkanes of at least 4 members (excludes halogenated alkanes) is 2. The Labute approximate surface area is 102 Å². The molecule has 0 heterocycles. The number of likely N-dealkylation sites (N-methyl/N-ethyl adjacent to an activating group) is 1. The van der Waals surface area contributed by atoms with Crippen LogP contribution in [0.1, 0.15) is 26.2 Å². The molecule has 1 unspecified atom stereocenters. The molecule has 0 bridgehead atoms. The maximum Gasteiger partial charge on any atom is 0.327 e. The normalized spacial score (nSPS) is 12.5. The van der Waals surface area contributed by atoms with Crippen LogP contribution in [-0.4, -0.2) is 59.8 Å². The number of carboxylic acid groups (broad SMARTS) is 1. The molecule has 0 saturated heterocycles. The topological polar surface area (TPSA) is 89.9 Å². The Hall–Kier alpha value is -1.14. The van der Waals surface area contributed by atoms with E-state index in [1.165, 1.54) is 6.92 Å². The third-order valence-corrected chi connectivity index (χ3v) is 2.37. The first-order chi connectivity index (χ1) is 7.97. The number of hydrogen-bond acceptors (Lipinski definition) is 4. The van der Waals surface area contributed by atoms with Gasteiger partial charge in [-0.3, -0.25) is 4.79 Å². The number of nitrogens with zero attached hydrogens (tertiary/aromatic N) is 1. The van der Waals surface area contributed by atoms with E-state index in [0.717, 1.165) is 25.8 Å². The second-order valence-electron chi connectivity index (χ2n) is 4.14. The molecule has 0 aliphatic rings. The van der Waals surface area contributed by atoms with Crippen LogP contribution in [0, 0.1) is 0 Å². The molecule has 6 heteroatoms. The van der Waals surface area contributed by atoms with Gasteiger partial charge in [0.1, 0.15) is 6.04 Å². The Morgan fingerprint density at radius 2 is 1.94 bits per heavy atom. The van der Waals surface area contributed by atoms with Crippen LogP contribution < -0.4 is 5.32 Å². The van der Waals surface area contributed by atoms with Crippen LogP contribution in [0.25, 0.3) is 0 Å². The minimum atomic E-state index is -1.03. The number of rotatable bonds is 9. The van der Waals surface area contributed by atoms with E-state index in [1.54, 1.807) is 0 Å². The summed E-state index contributed by atoms with van der Waals surface area (Å²) in [6.45, 7) is 2.53. The molecule has 0 saturated carbocycles. The Kier molecular flexibility index (Phi) is 8.35. The van der Waals surface area contributed by atoms with Gasteiger partial charge in [-0.25, -0.2) is 4.79 Å². The van der Waals surface area contributed by atoms with Crippen molar-refractivity contribution in [1.29, 1.82) is 0 Å². The van der Waals surface area contributed by atoms with Gasteiger partial charge >= 0.3 is 5.97 Å². The number of aliphatic hydroxyl groups excluding tert-OH is 1. The zero-order valence-electron chi connectivity index (χ0n) is 10.5. The maximum absolute atomic E-state index is 10.9. The summed E-state index contributed by atoms with van der Waals surface area (Å²) >= 11 is 0. The van der Waals surface area contributed by atoms with E-state index in [2.05, 4.69) is 5.32 Å². The standard InChI is InChI=1S/C11H22N2O4/c1-9(15)12-10(11(16)17)8-13(2)6-4-3-5-7-14/h10,14H,3-8H2,1-2H3,(H,12,15)(H,16,17). The third-order valence-electron chi connectivity index (χ3n) is 2.37. The molecule has 17 heavy (non-hydrogen) atoms. The molecule has 6 nitrogen and oxygen atoms in total. The smallest absolute Gasteiger partial charge is 0.327 e. The van der Waals surface area contributed by atoms with E-state index >= 15 is 0 Å². The van der Waals surface area contributed by atoms with Crippen molar-refractivity contribution in [2.75, 3.05) is 26.7 Å². The lowest BCUT2D eigenvalue weighted by atomic mass is 10.2. The summed E-state index contributed by atoms with van der Waals surface area (Å²) in [6, 6.07) is -0.865. The molecule has 0 fully saturated rings. The Bertz CT molecular complexity index is 246. The lowest BCUT2D eigenvalue weighted by Crippen LogP contribution is -2.47. The highest BCUT2D eigenvalue weighted by molar-refractivity contribution is 5.82. The molecule has 0 aromatic heterocycles. The summed E-state index contributed by atoms with van der Waals surface area (Å²) in [5, 5.41) is 19.9. The number of aliphatic carboxylic acids is 1. The molecule has 1 atom stereocenters. The lowest BCUT2D eigenvalue weighted by Gasteiger charge is -2.21. The van der Waals surface area contributed by atoms with Crippen molar-refractivity contribution >= 4 is 11.9 Å². The first-order valence-electron chi connectivity index (χ1n) is 5.76. The van der Waals surface area contributed by atoms with Gasteiger partial charge in [0.2, 0.25) is 5.91 Å². The summed E-state index contributed by atoms with van der Waals surface area (Å²) in [4.78, 5) is 23.6. The number of nitrogens with one attached hydrogen (secondary N) is 1. The maximum atomic E-state index is 10.9. The second kappa shape index (κ2) is 8.95. The highest BCUT2D eigenvalue weighted by Crippen LogP contribution is 1.98. The van der Waals surface area contributed by atoms with Crippen molar-refractivity contribution in [2.45, 2.75) is 32.2 Å². The number of carbonyl (C=O) groups excluding carboxylic acids is 1. The van der Waals surface area contributed by atoms with Crippen LogP contribution >= 0.6 is 0 Å². The summed E-state index contributed by atoms with van der Waals surface area (Å²) < 4.78 is 0. The number of carboxylic acids is 1. The van der Waals surface area contributed by atoms with E-state index in [4.69, 9.17) is 10.2 Å². The van der Waals surface area contributed by atoms with E-state index in [-0.39, 0.29) is 19.1 Å². The zero-order chi connectivity index (χ0) is 13.3. The van der Waals surface area contributed by atoms with Crippen molar-refractivity contribution in [3.8, 4) is 0 Å². The molecule has 0 aliphatic carbocycles. The van der Waals surface area contributed by atoms with Gasteiger partial charge in [0, 0.05) is 20.1 Å². The fraction of sp³-hybridized carbons (Fsp3) is 0.818. The number of carbonyl (C=O) groups is 2.